The van der Waals surface area contributed by atoms with Gasteiger partial charge in [-0.15, -0.1) is 0 Å². The largest absolute Gasteiger partial charge is 0.337 e. The fraction of sp³-hybridized carbons (Fsp3) is 0.348. The third kappa shape index (κ3) is 4.36. The second-order valence-corrected chi connectivity index (χ2v) is 7.59. The van der Waals surface area contributed by atoms with Crippen LogP contribution in [-0.4, -0.2) is 27.0 Å². The van der Waals surface area contributed by atoms with Crippen LogP contribution in [0.25, 0.3) is 11.4 Å². The summed E-state index contributed by atoms with van der Waals surface area (Å²) in [5.74, 6) is 0.0111. The topological polar surface area (TPSA) is 59.2 Å². The smallest absolute Gasteiger partial charge is 0.257 e. The fourth-order valence-electron chi connectivity index (χ4n) is 3.92. The van der Waals surface area contributed by atoms with Crippen molar-refractivity contribution >= 4 is 5.91 Å². The average Bonchev–Trinajstić information content (AvgIpc) is 3.21. The molecule has 0 bridgehead atoms. The number of halogens is 1. The van der Waals surface area contributed by atoms with Crippen molar-refractivity contribution in [1.82, 2.24) is 15.0 Å². The molecule has 1 saturated carbocycles. The van der Waals surface area contributed by atoms with Crippen LogP contribution >= 0.6 is 0 Å². The first-order chi connectivity index (χ1) is 14.1. The number of carbonyl (C=O) groups excluding carboxylic acids is 1. The molecule has 1 aliphatic rings. The van der Waals surface area contributed by atoms with Crippen molar-refractivity contribution in [2.45, 2.75) is 51.6 Å². The predicted molar refractivity (Wildman–Crippen MR) is 108 cm³/mol. The summed E-state index contributed by atoms with van der Waals surface area (Å²) >= 11 is 0. The summed E-state index contributed by atoms with van der Waals surface area (Å²) in [7, 11) is 0. The maximum atomic E-state index is 14.3. The summed E-state index contributed by atoms with van der Waals surface area (Å²) in [5.41, 5.74) is 2.05. The highest BCUT2D eigenvalue weighted by Crippen LogP contribution is 2.27. The van der Waals surface area contributed by atoms with Gasteiger partial charge in [0, 0.05) is 11.6 Å². The van der Waals surface area contributed by atoms with Gasteiger partial charge in [0.15, 0.2) is 0 Å². The molecule has 4 rings (SSSR count). The van der Waals surface area contributed by atoms with Crippen LogP contribution in [0.5, 0.6) is 0 Å². The summed E-state index contributed by atoms with van der Waals surface area (Å²) in [4.78, 5) is 19.4. The summed E-state index contributed by atoms with van der Waals surface area (Å²) in [5, 5.41) is 4.08. The number of carbonyl (C=O) groups is 1. The molecular formula is C23H24FN3O2. The zero-order valence-electron chi connectivity index (χ0n) is 16.5. The van der Waals surface area contributed by atoms with E-state index in [-0.39, 0.29) is 24.1 Å². The third-order valence-electron chi connectivity index (χ3n) is 5.43. The molecule has 3 aromatic rings. The molecule has 2 aromatic carbocycles. The minimum absolute atomic E-state index is 0.0465. The van der Waals surface area contributed by atoms with Crippen molar-refractivity contribution in [1.29, 1.82) is 0 Å². The maximum Gasteiger partial charge on any atom is 0.257 e. The number of aromatic nitrogens is 2. The van der Waals surface area contributed by atoms with Crippen LogP contribution < -0.4 is 0 Å². The Bertz CT molecular complexity index is 995. The van der Waals surface area contributed by atoms with Crippen molar-refractivity contribution in [3.8, 4) is 11.4 Å². The van der Waals surface area contributed by atoms with Crippen molar-refractivity contribution in [2.75, 3.05) is 0 Å². The van der Waals surface area contributed by atoms with Gasteiger partial charge in [0.05, 0.1) is 5.56 Å². The van der Waals surface area contributed by atoms with E-state index in [1.54, 1.807) is 17.0 Å². The normalized spacial score (nSPS) is 14.7. The molecule has 0 spiro atoms. The van der Waals surface area contributed by atoms with E-state index in [1.807, 2.05) is 31.2 Å². The van der Waals surface area contributed by atoms with E-state index in [4.69, 9.17) is 4.52 Å². The molecule has 1 aromatic heterocycles. The highest BCUT2D eigenvalue weighted by Gasteiger charge is 2.29. The van der Waals surface area contributed by atoms with Crippen molar-refractivity contribution in [3.05, 3.63) is 71.4 Å². The standard InChI is InChI=1S/C23H24FN3O2/c1-16-8-7-9-17(14-16)22-25-21(29-26-22)15-27(18-10-3-2-4-11-18)23(28)19-12-5-6-13-20(19)24/h5-9,12-14,18H,2-4,10-11,15H2,1H3. The van der Waals surface area contributed by atoms with Crippen LogP contribution in [0.4, 0.5) is 4.39 Å². The van der Waals surface area contributed by atoms with Crippen LogP contribution in [-0.2, 0) is 6.54 Å². The lowest BCUT2D eigenvalue weighted by molar-refractivity contribution is 0.0581. The Morgan fingerprint density at radius 3 is 2.69 bits per heavy atom. The van der Waals surface area contributed by atoms with Gasteiger partial charge in [-0.2, -0.15) is 4.98 Å². The summed E-state index contributed by atoms with van der Waals surface area (Å²) in [6, 6.07) is 14.0. The monoisotopic (exact) mass is 393 g/mol. The number of benzene rings is 2. The van der Waals surface area contributed by atoms with Crippen LogP contribution in [0.15, 0.2) is 53.1 Å². The first-order valence-electron chi connectivity index (χ1n) is 10.1. The van der Waals surface area contributed by atoms with Gasteiger partial charge in [-0.25, -0.2) is 4.39 Å². The second-order valence-electron chi connectivity index (χ2n) is 7.59. The highest BCUT2D eigenvalue weighted by molar-refractivity contribution is 5.94. The average molecular weight is 393 g/mol. The van der Waals surface area contributed by atoms with Gasteiger partial charge < -0.3 is 9.42 Å². The van der Waals surface area contributed by atoms with E-state index in [2.05, 4.69) is 10.1 Å². The van der Waals surface area contributed by atoms with Gasteiger partial charge in [-0.05, 0) is 38.0 Å². The minimum Gasteiger partial charge on any atom is -0.337 e. The molecule has 1 heterocycles. The Kier molecular flexibility index (Phi) is 5.69. The molecule has 0 atom stereocenters. The summed E-state index contributed by atoms with van der Waals surface area (Å²) in [6.45, 7) is 2.18. The maximum absolute atomic E-state index is 14.3. The predicted octanol–water partition coefficient (Wildman–Crippen LogP) is 5.16. The molecule has 0 aliphatic heterocycles. The van der Waals surface area contributed by atoms with Crippen molar-refractivity contribution < 1.29 is 13.7 Å². The van der Waals surface area contributed by atoms with Gasteiger partial charge in [0.25, 0.3) is 5.91 Å². The third-order valence-corrected chi connectivity index (χ3v) is 5.43. The van der Waals surface area contributed by atoms with Crippen LogP contribution in [0.1, 0.15) is 53.9 Å². The molecule has 0 saturated heterocycles. The van der Waals surface area contributed by atoms with Gasteiger partial charge in [0.2, 0.25) is 11.7 Å². The Morgan fingerprint density at radius 1 is 1.14 bits per heavy atom. The number of amides is 1. The minimum atomic E-state index is -0.510. The van der Waals surface area contributed by atoms with Crippen molar-refractivity contribution in [3.63, 3.8) is 0 Å². The zero-order chi connectivity index (χ0) is 20.2. The molecule has 5 nitrogen and oxygen atoms in total. The summed E-state index contributed by atoms with van der Waals surface area (Å²) < 4.78 is 19.7. The molecular weight excluding hydrogens is 369 g/mol. The van der Waals surface area contributed by atoms with E-state index >= 15 is 0 Å². The number of hydrogen-bond acceptors (Lipinski definition) is 4. The van der Waals surface area contributed by atoms with Crippen LogP contribution in [0, 0.1) is 12.7 Å². The molecule has 0 unspecified atom stereocenters. The molecule has 0 radical (unpaired) electrons. The SMILES string of the molecule is Cc1cccc(-c2noc(CN(C(=O)c3ccccc3F)C3CCCCC3)n2)c1. The summed E-state index contributed by atoms with van der Waals surface area (Å²) in [6.07, 6.45) is 5.09. The lowest BCUT2D eigenvalue weighted by Crippen LogP contribution is -2.41. The van der Waals surface area contributed by atoms with Gasteiger partial charge in [-0.3, -0.25) is 4.79 Å². The molecule has 1 aliphatic carbocycles. The molecule has 29 heavy (non-hydrogen) atoms. The Balaban J connectivity index is 1.60. The van der Waals surface area contributed by atoms with E-state index in [0.29, 0.717) is 11.7 Å². The van der Waals surface area contributed by atoms with E-state index in [0.717, 1.165) is 43.2 Å². The number of rotatable bonds is 5. The van der Waals surface area contributed by atoms with Crippen molar-refractivity contribution in [2.24, 2.45) is 0 Å². The van der Waals surface area contributed by atoms with Gasteiger partial charge in [0.1, 0.15) is 12.4 Å². The number of hydrogen-bond donors (Lipinski definition) is 0. The molecule has 6 heteroatoms. The van der Waals surface area contributed by atoms with Crippen LogP contribution in [0.2, 0.25) is 0 Å². The molecule has 150 valence electrons. The molecule has 1 fully saturated rings. The van der Waals surface area contributed by atoms with Gasteiger partial charge >= 0.3 is 0 Å². The van der Waals surface area contributed by atoms with E-state index in [9.17, 15) is 9.18 Å². The van der Waals surface area contributed by atoms with E-state index in [1.165, 1.54) is 12.1 Å². The number of nitrogens with zero attached hydrogens (tertiary/aromatic N) is 3. The van der Waals surface area contributed by atoms with E-state index < -0.39 is 5.82 Å². The Labute approximate surface area is 169 Å². The first-order valence-corrected chi connectivity index (χ1v) is 10.1. The van der Waals surface area contributed by atoms with Crippen LogP contribution in [0.3, 0.4) is 0 Å². The quantitative estimate of drug-likeness (QED) is 0.601. The Hall–Kier alpha value is -3.02. The highest BCUT2D eigenvalue weighted by atomic mass is 19.1. The molecule has 0 N–H and O–H groups in total. The second kappa shape index (κ2) is 8.55. The first kappa shape index (κ1) is 19.3. The lowest BCUT2D eigenvalue weighted by Gasteiger charge is -2.33. The number of aryl methyl sites for hydroxylation is 1. The van der Waals surface area contributed by atoms with Gasteiger partial charge in [-0.1, -0.05) is 60.3 Å². The zero-order valence-corrected chi connectivity index (χ0v) is 16.5. The Morgan fingerprint density at radius 2 is 1.93 bits per heavy atom. The lowest BCUT2D eigenvalue weighted by atomic mass is 9.93. The molecule has 1 amide bonds. The fourth-order valence-corrected chi connectivity index (χ4v) is 3.92.